The summed E-state index contributed by atoms with van der Waals surface area (Å²) >= 11 is 0. The van der Waals surface area contributed by atoms with Crippen LogP contribution in [0.3, 0.4) is 0 Å². The first-order valence-corrected chi connectivity index (χ1v) is 7.24. The molecule has 0 aliphatic carbocycles. The molecule has 0 aromatic heterocycles. The molecule has 1 aliphatic rings. The van der Waals surface area contributed by atoms with Crippen LogP contribution in [0.2, 0.25) is 0 Å². The normalized spacial score (nSPS) is 17.8. The molecule has 1 unspecified atom stereocenters. The third-order valence-corrected chi connectivity index (χ3v) is 3.56. The minimum Gasteiger partial charge on any atom is -0.350 e. The van der Waals surface area contributed by atoms with E-state index in [1.807, 2.05) is 0 Å². The van der Waals surface area contributed by atoms with Crippen molar-refractivity contribution in [3.05, 3.63) is 34.9 Å². The number of hydrogen-bond acceptors (Lipinski definition) is 3. The fourth-order valence-electron chi connectivity index (χ4n) is 2.59. The van der Waals surface area contributed by atoms with Crippen molar-refractivity contribution in [2.75, 3.05) is 19.8 Å². The Labute approximate surface area is 116 Å². The zero-order valence-corrected chi connectivity index (χ0v) is 12.2. The fourth-order valence-corrected chi connectivity index (χ4v) is 2.59. The topological polar surface area (TPSA) is 30.5 Å². The lowest BCUT2D eigenvalue weighted by Crippen LogP contribution is -2.27. The van der Waals surface area contributed by atoms with E-state index in [4.69, 9.17) is 9.47 Å². The highest BCUT2D eigenvalue weighted by atomic mass is 16.7. The minimum atomic E-state index is -0.0601. The molecule has 1 aromatic carbocycles. The van der Waals surface area contributed by atoms with Gasteiger partial charge in [0.1, 0.15) is 0 Å². The second kappa shape index (κ2) is 7.04. The maximum atomic E-state index is 5.59. The number of hydrogen-bond donors (Lipinski definition) is 1. The molecule has 1 aliphatic heterocycles. The van der Waals surface area contributed by atoms with Crippen LogP contribution in [0.15, 0.2) is 18.2 Å². The van der Waals surface area contributed by atoms with Crippen LogP contribution in [0.1, 0.15) is 42.5 Å². The molecule has 1 aromatic rings. The molecule has 1 heterocycles. The monoisotopic (exact) mass is 263 g/mol. The highest BCUT2D eigenvalue weighted by Gasteiger charge is 2.23. The predicted octanol–water partition coefficient (Wildman–Crippen LogP) is 3.11. The van der Waals surface area contributed by atoms with Crippen LogP contribution in [-0.2, 0) is 9.47 Å². The van der Waals surface area contributed by atoms with Crippen molar-refractivity contribution in [2.24, 2.45) is 0 Å². The summed E-state index contributed by atoms with van der Waals surface area (Å²) < 4.78 is 11.2. The van der Waals surface area contributed by atoms with E-state index in [1.54, 1.807) is 0 Å². The van der Waals surface area contributed by atoms with Crippen molar-refractivity contribution >= 4 is 0 Å². The summed E-state index contributed by atoms with van der Waals surface area (Å²) in [5, 5.41) is 3.61. The molecule has 0 amide bonds. The van der Waals surface area contributed by atoms with Crippen molar-refractivity contribution in [3.63, 3.8) is 0 Å². The highest BCUT2D eigenvalue weighted by molar-refractivity contribution is 5.32. The first-order valence-electron chi connectivity index (χ1n) is 7.24. The minimum absolute atomic E-state index is 0.0601. The van der Waals surface area contributed by atoms with E-state index in [1.165, 1.54) is 16.7 Å². The predicted molar refractivity (Wildman–Crippen MR) is 77.3 cm³/mol. The first-order chi connectivity index (χ1) is 9.20. The number of aryl methyl sites for hydroxylation is 2. The van der Waals surface area contributed by atoms with Crippen LogP contribution >= 0.6 is 0 Å². The summed E-state index contributed by atoms with van der Waals surface area (Å²) in [6.45, 7) is 8.96. The van der Waals surface area contributed by atoms with E-state index >= 15 is 0 Å². The number of benzene rings is 1. The SMILES string of the molecule is CCCNC(CC1OCCO1)c1ccc(C)cc1C. The molecule has 2 rings (SSSR count). The quantitative estimate of drug-likeness (QED) is 0.855. The van der Waals surface area contributed by atoms with Gasteiger partial charge in [-0.05, 0) is 37.9 Å². The molecule has 1 fully saturated rings. The van der Waals surface area contributed by atoms with E-state index in [9.17, 15) is 0 Å². The maximum Gasteiger partial charge on any atom is 0.159 e. The molecule has 19 heavy (non-hydrogen) atoms. The largest absolute Gasteiger partial charge is 0.350 e. The van der Waals surface area contributed by atoms with Crippen LogP contribution in [0, 0.1) is 13.8 Å². The summed E-state index contributed by atoms with van der Waals surface area (Å²) in [6.07, 6.45) is 1.95. The Morgan fingerprint density at radius 2 is 2.00 bits per heavy atom. The Hall–Kier alpha value is -0.900. The molecular weight excluding hydrogens is 238 g/mol. The van der Waals surface area contributed by atoms with Crippen LogP contribution in [0.5, 0.6) is 0 Å². The van der Waals surface area contributed by atoms with Gasteiger partial charge in [0.15, 0.2) is 6.29 Å². The third-order valence-electron chi connectivity index (χ3n) is 3.56. The van der Waals surface area contributed by atoms with Gasteiger partial charge in [-0.3, -0.25) is 0 Å². The molecule has 1 atom stereocenters. The van der Waals surface area contributed by atoms with Crippen molar-refractivity contribution in [2.45, 2.75) is 45.9 Å². The summed E-state index contributed by atoms with van der Waals surface area (Å²) in [5.41, 5.74) is 4.01. The molecular formula is C16H25NO2. The third kappa shape index (κ3) is 4.03. The van der Waals surface area contributed by atoms with E-state index in [0.29, 0.717) is 6.04 Å². The summed E-state index contributed by atoms with van der Waals surface area (Å²) in [5.74, 6) is 0. The summed E-state index contributed by atoms with van der Waals surface area (Å²) in [6, 6.07) is 6.96. The van der Waals surface area contributed by atoms with Crippen LogP contribution in [0.25, 0.3) is 0 Å². The number of ether oxygens (including phenoxy) is 2. The van der Waals surface area contributed by atoms with Crippen LogP contribution < -0.4 is 5.32 Å². The Balaban J connectivity index is 2.10. The van der Waals surface area contributed by atoms with E-state index in [2.05, 4.69) is 44.3 Å². The average molecular weight is 263 g/mol. The second-order valence-corrected chi connectivity index (χ2v) is 5.27. The van der Waals surface area contributed by atoms with Gasteiger partial charge in [0.05, 0.1) is 13.2 Å². The standard InChI is InChI=1S/C16H25NO2/c1-4-7-17-15(11-16-18-8-9-19-16)14-6-5-12(2)10-13(14)3/h5-6,10,15-17H,4,7-9,11H2,1-3H3. The lowest BCUT2D eigenvalue weighted by molar-refractivity contribution is -0.0530. The van der Waals surface area contributed by atoms with Gasteiger partial charge in [-0.25, -0.2) is 0 Å². The molecule has 1 N–H and O–H groups in total. The van der Waals surface area contributed by atoms with Crippen LogP contribution in [-0.4, -0.2) is 26.0 Å². The maximum absolute atomic E-state index is 5.59. The van der Waals surface area contributed by atoms with Gasteiger partial charge in [0.2, 0.25) is 0 Å². The lowest BCUT2D eigenvalue weighted by Gasteiger charge is -2.23. The van der Waals surface area contributed by atoms with E-state index in [0.717, 1.165) is 32.6 Å². The van der Waals surface area contributed by atoms with Crippen molar-refractivity contribution in [3.8, 4) is 0 Å². The molecule has 0 spiro atoms. The Kier molecular flexibility index (Phi) is 5.37. The zero-order chi connectivity index (χ0) is 13.7. The molecule has 3 heteroatoms. The lowest BCUT2D eigenvalue weighted by atomic mass is 9.96. The van der Waals surface area contributed by atoms with E-state index < -0.39 is 0 Å². The Morgan fingerprint density at radius 3 is 2.63 bits per heavy atom. The summed E-state index contributed by atoms with van der Waals surface area (Å²) in [4.78, 5) is 0. The summed E-state index contributed by atoms with van der Waals surface area (Å²) in [7, 11) is 0. The Morgan fingerprint density at radius 1 is 1.26 bits per heavy atom. The van der Waals surface area contributed by atoms with Crippen molar-refractivity contribution in [1.29, 1.82) is 0 Å². The van der Waals surface area contributed by atoms with Gasteiger partial charge in [0.25, 0.3) is 0 Å². The first kappa shape index (κ1) is 14.5. The smallest absolute Gasteiger partial charge is 0.159 e. The van der Waals surface area contributed by atoms with Gasteiger partial charge in [-0.15, -0.1) is 0 Å². The van der Waals surface area contributed by atoms with Gasteiger partial charge in [-0.1, -0.05) is 30.7 Å². The molecule has 106 valence electrons. The molecule has 0 radical (unpaired) electrons. The van der Waals surface area contributed by atoms with Gasteiger partial charge in [-0.2, -0.15) is 0 Å². The van der Waals surface area contributed by atoms with E-state index in [-0.39, 0.29) is 6.29 Å². The molecule has 0 saturated carbocycles. The second-order valence-electron chi connectivity index (χ2n) is 5.27. The van der Waals surface area contributed by atoms with Crippen molar-refractivity contribution in [1.82, 2.24) is 5.32 Å². The zero-order valence-electron chi connectivity index (χ0n) is 12.2. The van der Waals surface area contributed by atoms with Crippen LogP contribution in [0.4, 0.5) is 0 Å². The number of nitrogens with one attached hydrogen (secondary N) is 1. The van der Waals surface area contributed by atoms with Gasteiger partial charge >= 0.3 is 0 Å². The van der Waals surface area contributed by atoms with Gasteiger partial charge < -0.3 is 14.8 Å². The average Bonchev–Trinajstić information content (AvgIpc) is 2.88. The molecule has 0 bridgehead atoms. The Bertz CT molecular complexity index is 400. The molecule has 3 nitrogen and oxygen atoms in total. The van der Waals surface area contributed by atoms with Crippen molar-refractivity contribution < 1.29 is 9.47 Å². The van der Waals surface area contributed by atoms with Gasteiger partial charge in [0, 0.05) is 12.5 Å². The fraction of sp³-hybridized carbons (Fsp3) is 0.625. The number of rotatable bonds is 6. The highest BCUT2D eigenvalue weighted by Crippen LogP contribution is 2.25. The molecule has 1 saturated heterocycles.